The Labute approximate surface area is 141 Å². The molecule has 0 aliphatic rings. The molecule has 5 nitrogen and oxygen atoms in total. The van der Waals surface area contributed by atoms with Crippen molar-refractivity contribution >= 4 is 15.9 Å². The van der Waals surface area contributed by atoms with Crippen LogP contribution in [-0.2, 0) is 21.4 Å². The summed E-state index contributed by atoms with van der Waals surface area (Å²) in [4.78, 5) is 13.7. The van der Waals surface area contributed by atoms with Crippen molar-refractivity contribution in [3.63, 3.8) is 0 Å². The molecular weight excluding hydrogens is 331 g/mol. The van der Waals surface area contributed by atoms with Crippen LogP contribution in [0.1, 0.15) is 12.5 Å². The van der Waals surface area contributed by atoms with Crippen molar-refractivity contribution in [2.75, 3.05) is 7.05 Å². The number of nitrogens with zero attached hydrogens (tertiary/aromatic N) is 1. The van der Waals surface area contributed by atoms with Gasteiger partial charge in [0.25, 0.3) is 0 Å². The quantitative estimate of drug-likeness (QED) is 0.868. The average Bonchev–Trinajstić information content (AvgIpc) is 2.55. The van der Waals surface area contributed by atoms with Crippen LogP contribution < -0.4 is 4.72 Å². The molecule has 0 heterocycles. The van der Waals surface area contributed by atoms with Gasteiger partial charge in [-0.05, 0) is 36.8 Å². The van der Waals surface area contributed by atoms with E-state index in [-0.39, 0.29) is 10.8 Å². The maximum atomic E-state index is 12.9. The van der Waals surface area contributed by atoms with E-state index >= 15 is 0 Å². The molecular formula is C17H19FN2O3S. The fraction of sp³-hybridized carbons (Fsp3) is 0.235. The van der Waals surface area contributed by atoms with Crippen molar-refractivity contribution in [3.8, 4) is 0 Å². The number of halogens is 1. The van der Waals surface area contributed by atoms with E-state index in [0.29, 0.717) is 6.54 Å². The van der Waals surface area contributed by atoms with Gasteiger partial charge in [-0.3, -0.25) is 4.79 Å². The zero-order valence-electron chi connectivity index (χ0n) is 13.4. The number of benzene rings is 2. The zero-order valence-corrected chi connectivity index (χ0v) is 14.3. The van der Waals surface area contributed by atoms with E-state index in [1.165, 1.54) is 11.8 Å². The Bertz CT molecular complexity index is 792. The first-order valence-electron chi connectivity index (χ1n) is 7.36. The Morgan fingerprint density at radius 2 is 1.71 bits per heavy atom. The molecule has 2 aromatic carbocycles. The molecule has 0 radical (unpaired) electrons. The number of hydrogen-bond acceptors (Lipinski definition) is 3. The minimum Gasteiger partial charge on any atom is -0.340 e. The summed E-state index contributed by atoms with van der Waals surface area (Å²) < 4.78 is 39.7. The topological polar surface area (TPSA) is 66.5 Å². The molecule has 2 aromatic rings. The van der Waals surface area contributed by atoms with Crippen molar-refractivity contribution in [1.82, 2.24) is 9.62 Å². The predicted octanol–water partition coefficient (Wildman–Crippen LogP) is 2.15. The van der Waals surface area contributed by atoms with Crippen LogP contribution in [0.2, 0.25) is 0 Å². The molecule has 0 fully saturated rings. The molecule has 24 heavy (non-hydrogen) atoms. The van der Waals surface area contributed by atoms with Crippen molar-refractivity contribution in [2.24, 2.45) is 0 Å². The lowest BCUT2D eigenvalue weighted by Crippen LogP contribution is -2.45. The lowest BCUT2D eigenvalue weighted by molar-refractivity contribution is -0.131. The van der Waals surface area contributed by atoms with Crippen LogP contribution >= 0.6 is 0 Å². The maximum absolute atomic E-state index is 12.9. The Morgan fingerprint density at radius 1 is 1.12 bits per heavy atom. The first kappa shape index (κ1) is 18.1. The second-order valence-corrected chi connectivity index (χ2v) is 7.19. The number of sulfonamides is 1. The Kier molecular flexibility index (Phi) is 5.69. The van der Waals surface area contributed by atoms with E-state index < -0.39 is 21.9 Å². The van der Waals surface area contributed by atoms with Gasteiger partial charge in [0.1, 0.15) is 5.82 Å². The van der Waals surface area contributed by atoms with Crippen molar-refractivity contribution in [1.29, 1.82) is 0 Å². The standard InChI is InChI=1S/C17H19FN2O3S/c1-13(17(21)20(2)12-14-6-4-3-5-7-14)19-24(22,23)16-10-8-15(18)9-11-16/h3-11,13,19H,12H2,1-2H3/t13-/m1/s1. The van der Waals surface area contributed by atoms with Gasteiger partial charge in [0.15, 0.2) is 0 Å². The first-order chi connectivity index (χ1) is 11.3. The normalized spacial score (nSPS) is 12.6. The van der Waals surface area contributed by atoms with E-state index in [9.17, 15) is 17.6 Å². The van der Waals surface area contributed by atoms with E-state index in [0.717, 1.165) is 29.8 Å². The molecule has 0 bridgehead atoms. The van der Waals surface area contributed by atoms with Gasteiger partial charge in [-0.1, -0.05) is 30.3 Å². The third-order valence-electron chi connectivity index (χ3n) is 3.47. The van der Waals surface area contributed by atoms with Gasteiger partial charge in [-0.25, -0.2) is 12.8 Å². The number of carbonyl (C=O) groups excluding carboxylic acids is 1. The molecule has 0 unspecified atom stereocenters. The molecule has 1 amide bonds. The summed E-state index contributed by atoms with van der Waals surface area (Å²) in [6.07, 6.45) is 0. The van der Waals surface area contributed by atoms with Gasteiger partial charge in [0.05, 0.1) is 10.9 Å². The van der Waals surface area contributed by atoms with Gasteiger partial charge < -0.3 is 4.90 Å². The van der Waals surface area contributed by atoms with Crippen molar-refractivity contribution in [3.05, 3.63) is 66.0 Å². The zero-order chi connectivity index (χ0) is 17.7. The molecule has 0 saturated heterocycles. The fourth-order valence-electron chi connectivity index (χ4n) is 2.23. The highest BCUT2D eigenvalue weighted by atomic mass is 32.2. The molecule has 0 aliphatic heterocycles. The lowest BCUT2D eigenvalue weighted by Gasteiger charge is -2.22. The fourth-order valence-corrected chi connectivity index (χ4v) is 3.43. The molecule has 7 heteroatoms. The first-order valence-corrected chi connectivity index (χ1v) is 8.85. The number of amides is 1. The summed E-state index contributed by atoms with van der Waals surface area (Å²) in [5.74, 6) is -0.884. The summed E-state index contributed by atoms with van der Waals surface area (Å²) >= 11 is 0. The van der Waals surface area contributed by atoms with E-state index in [1.807, 2.05) is 30.3 Å². The minimum absolute atomic E-state index is 0.0886. The van der Waals surface area contributed by atoms with Gasteiger partial charge >= 0.3 is 0 Å². The van der Waals surface area contributed by atoms with E-state index in [1.54, 1.807) is 7.05 Å². The van der Waals surface area contributed by atoms with Crippen LogP contribution in [0.15, 0.2) is 59.5 Å². The molecule has 1 N–H and O–H groups in total. The summed E-state index contributed by atoms with van der Waals surface area (Å²) in [5.41, 5.74) is 0.946. The van der Waals surface area contributed by atoms with Crippen LogP contribution in [0.25, 0.3) is 0 Å². The smallest absolute Gasteiger partial charge is 0.241 e. The van der Waals surface area contributed by atoms with E-state index in [4.69, 9.17) is 0 Å². The van der Waals surface area contributed by atoms with Gasteiger partial charge in [-0.15, -0.1) is 0 Å². The highest BCUT2D eigenvalue weighted by molar-refractivity contribution is 7.89. The molecule has 0 saturated carbocycles. The molecule has 1 atom stereocenters. The third-order valence-corrected chi connectivity index (χ3v) is 5.02. The Hall–Kier alpha value is -2.25. The van der Waals surface area contributed by atoms with Crippen LogP contribution in [0, 0.1) is 5.82 Å². The van der Waals surface area contributed by atoms with Gasteiger partial charge in [0, 0.05) is 13.6 Å². The largest absolute Gasteiger partial charge is 0.340 e. The average molecular weight is 350 g/mol. The number of nitrogens with one attached hydrogen (secondary N) is 1. The summed E-state index contributed by atoms with van der Waals surface area (Å²) in [7, 11) is -2.28. The van der Waals surface area contributed by atoms with Crippen LogP contribution in [-0.4, -0.2) is 32.3 Å². The van der Waals surface area contributed by atoms with Crippen LogP contribution in [0.5, 0.6) is 0 Å². The summed E-state index contributed by atoms with van der Waals surface area (Å²) in [6.45, 7) is 1.85. The summed E-state index contributed by atoms with van der Waals surface area (Å²) in [5, 5.41) is 0. The second kappa shape index (κ2) is 7.55. The predicted molar refractivity (Wildman–Crippen MR) is 89.1 cm³/mol. The Morgan fingerprint density at radius 3 is 2.29 bits per heavy atom. The minimum atomic E-state index is -3.89. The second-order valence-electron chi connectivity index (χ2n) is 5.48. The number of rotatable bonds is 6. The number of carbonyl (C=O) groups is 1. The van der Waals surface area contributed by atoms with Crippen molar-refractivity contribution < 1.29 is 17.6 Å². The SMILES string of the molecule is C[C@@H](NS(=O)(=O)c1ccc(F)cc1)C(=O)N(C)Cc1ccccc1. The molecule has 0 aliphatic carbocycles. The van der Waals surface area contributed by atoms with Crippen LogP contribution in [0.3, 0.4) is 0 Å². The maximum Gasteiger partial charge on any atom is 0.241 e. The molecule has 0 aromatic heterocycles. The number of likely N-dealkylation sites (N-methyl/N-ethyl adjacent to an activating group) is 1. The third kappa shape index (κ3) is 4.62. The monoisotopic (exact) mass is 350 g/mol. The highest BCUT2D eigenvalue weighted by Gasteiger charge is 2.24. The number of hydrogen-bond donors (Lipinski definition) is 1. The van der Waals surface area contributed by atoms with Gasteiger partial charge in [0.2, 0.25) is 15.9 Å². The molecule has 2 rings (SSSR count). The molecule has 0 spiro atoms. The molecule has 128 valence electrons. The summed E-state index contributed by atoms with van der Waals surface area (Å²) in [6, 6.07) is 12.9. The van der Waals surface area contributed by atoms with Crippen molar-refractivity contribution in [2.45, 2.75) is 24.4 Å². The van der Waals surface area contributed by atoms with Crippen LogP contribution in [0.4, 0.5) is 4.39 Å². The lowest BCUT2D eigenvalue weighted by atomic mass is 10.2. The highest BCUT2D eigenvalue weighted by Crippen LogP contribution is 2.11. The van der Waals surface area contributed by atoms with E-state index in [2.05, 4.69) is 4.72 Å². The van der Waals surface area contributed by atoms with Gasteiger partial charge in [-0.2, -0.15) is 4.72 Å². The Balaban J connectivity index is 2.03.